The third kappa shape index (κ3) is 5.60. The molecule has 1 heterocycles. The Labute approximate surface area is 111 Å². The van der Waals surface area contributed by atoms with Crippen LogP contribution < -0.4 is 5.32 Å². The van der Waals surface area contributed by atoms with Crippen LogP contribution in [0.4, 0.5) is 0 Å². The molecule has 0 atom stereocenters. The van der Waals surface area contributed by atoms with Crippen LogP contribution in [-0.2, 0) is 13.1 Å². The molecule has 0 bridgehead atoms. The van der Waals surface area contributed by atoms with Crippen molar-refractivity contribution in [3.8, 4) is 0 Å². The highest BCUT2D eigenvalue weighted by molar-refractivity contribution is 4.91. The molecule has 5 heteroatoms. The van der Waals surface area contributed by atoms with E-state index in [4.69, 9.17) is 0 Å². The van der Waals surface area contributed by atoms with E-state index in [9.17, 15) is 0 Å². The molecule has 0 radical (unpaired) electrons. The molecule has 0 aromatic carbocycles. The van der Waals surface area contributed by atoms with Crippen molar-refractivity contribution in [1.82, 2.24) is 25.2 Å². The lowest BCUT2D eigenvalue weighted by molar-refractivity contribution is 0.284. The van der Waals surface area contributed by atoms with E-state index in [1.54, 1.807) is 0 Å². The summed E-state index contributed by atoms with van der Waals surface area (Å²) >= 11 is 0. The van der Waals surface area contributed by atoms with E-state index >= 15 is 0 Å². The van der Waals surface area contributed by atoms with Crippen molar-refractivity contribution in [2.45, 2.75) is 40.8 Å². The van der Waals surface area contributed by atoms with Gasteiger partial charge < -0.3 is 10.2 Å². The molecule has 18 heavy (non-hydrogen) atoms. The quantitative estimate of drug-likeness (QED) is 0.722. The van der Waals surface area contributed by atoms with Crippen molar-refractivity contribution < 1.29 is 0 Å². The van der Waals surface area contributed by atoms with E-state index in [1.807, 2.05) is 10.9 Å². The van der Waals surface area contributed by atoms with Crippen LogP contribution in [0.25, 0.3) is 0 Å². The molecular weight excluding hydrogens is 226 g/mol. The van der Waals surface area contributed by atoms with E-state index in [0.29, 0.717) is 5.92 Å². The molecule has 1 aromatic rings. The summed E-state index contributed by atoms with van der Waals surface area (Å²) in [6.45, 7) is 14.7. The van der Waals surface area contributed by atoms with Gasteiger partial charge in [-0.15, -0.1) is 5.10 Å². The summed E-state index contributed by atoms with van der Waals surface area (Å²) in [7, 11) is 0. The summed E-state index contributed by atoms with van der Waals surface area (Å²) in [5, 5.41) is 11.7. The molecule has 0 spiro atoms. The van der Waals surface area contributed by atoms with Gasteiger partial charge in [0.15, 0.2) is 0 Å². The van der Waals surface area contributed by atoms with Crippen molar-refractivity contribution in [1.29, 1.82) is 0 Å². The fourth-order valence-corrected chi connectivity index (χ4v) is 1.80. The Morgan fingerprint density at radius 3 is 2.67 bits per heavy atom. The summed E-state index contributed by atoms with van der Waals surface area (Å²) in [5.74, 6) is 0.669. The molecule has 5 nitrogen and oxygen atoms in total. The molecule has 1 aromatic heterocycles. The second-order valence-electron chi connectivity index (χ2n) is 5.02. The van der Waals surface area contributed by atoms with Gasteiger partial charge in [-0.2, -0.15) is 0 Å². The van der Waals surface area contributed by atoms with E-state index in [-0.39, 0.29) is 0 Å². The van der Waals surface area contributed by atoms with Crippen LogP contribution in [0.2, 0.25) is 0 Å². The molecule has 1 rings (SSSR count). The lowest BCUT2D eigenvalue weighted by atomic mass is 10.2. The molecule has 0 unspecified atom stereocenters. The predicted molar refractivity (Wildman–Crippen MR) is 74.4 cm³/mol. The molecule has 0 saturated heterocycles. The second kappa shape index (κ2) is 8.21. The van der Waals surface area contributed by atoms with E-state index in [2.05, 4.69) is 48.2 Å². The Hall–Kier alpha value is -0.940. The van der Waals surface area contributed by atoms with E-state index in [1.165, 1.54) is 0 Å². The van der Waals surface area contributed by atoms with Crippen molar-refractivity contribution in [2.75, 3.05) is 26.2 Å². The maximum Gasteiger partial charge on any atom is 0.0964 e. The van der Waals surface area contributed by atoms with Crippen LogP contribution in [0.5, 0.6) is 0 Å². The molecule has 104 valence electrons. The van der Waals surface area contributed by atoms with Crippen LogP contribution in [0.1, 0.15) is 33.4 Å². The normalized spacial score (nSPS) is 11.7. The van der Waals surface area contributed by atoms with Gasteiger partial charge in [-0.3, -0.25) is 4.68 Å². The molecule has 0 aliphatic rings. The summed E-state index contributed by atoms with van der Waals surface area (Å²) in [4.78, 5) is 2.39. The number of aromatic nitrogens is 3. The van der Waals surface area contributed by atoms with Crippen LogP contribution in [0.3, 0.4) is 0 Å². The summed E-state index contributed by atoms with van der Waals surface area (Å²) in [5.41, 5.74) is 1.02. The van der Waals surface area contributed by atoms with Gasteiger partial charge in [0.05, 0.1) is 12.2 Å². The standard InChI is InChI=1S/C13H27N5/c1-5-17(6-2)7-8-18-11-13(15-16-18)10-14-9-12(3)4/h11-12,14H,5-10H2,1-4H3. The minimum absolute atomic E-state index is 0.669. The average molecular weight is 253 g/mol. The number of nitrogens with zero attached hydrogens (tertiary/aromatic N) is 4. The minimum atomic E-state index is 0.669. The smallest absolute Gasteiger partial charge is 0.0964 e. The van der Waals surface area contributed by atoms with Gasteiger partial charge in [-0.05, 0) is 25.6 Å². The third-order valence-electron chi connectivity index (χ3n) is 2.98. The fraction of sp³-hybridized carbons (Fsp3) is 0.846. The maximum atomic E-state index is 4.17. The van der Waals surface area contributed by atoms with E-state index in [0.717, 1.165) is 45.0 Å². The number of nitrogens with one attached hydrogen (secondary N) is 1. The first-order valence-corrected chi connectivity index (χ1v) is 6.97. The zero-order valence-corrected chi connectivity index (χ0v) is 12.2. The van der Waals surface area contributed by atoms with E-state index < -0.39 is 0 Å². The molecule has 0 fully saturated rings. The molecule has 1 N–H and O–H groups in total. The first kappa shape index (κ1) is 15.1. The highest BCUT2D eigenvalue weighted by Crippen LogP contribution is 1.96. The molecular formula is C13H27N5. The number of hydrogen-bond acceptors (Lipinski definition) is 4. The summed E-state index contributed by atoms with van der Waals surface area (Å²) < 4.78 is 1.94. The maximum absolute atomic E-state index is 4.17. The number of hydrogen-bond donors (Lipinski definition) is 1. The second-order valence-corrected chi connectivity index (χ2v) is 5.02. The first-order valence-electron chi connectivity index (χ1n) is 6.97. The van der Waals surface area contributed by atoms with Crippen molar-refractivity contribution in [2.24, 2.45) is 5.92 Å². The number of rotatable bonds is 9. The molecule has 0 aliphatic carbocycles. The molecule has 0 saturated carbocycles. The SMILES string of the molecule is CCN(CC)CCn1cc(CNCC(C)C)nn1. The monoisotopic (exact) mass is 253 g/mol. The van der Waals surface area contributed by atoms with Gasteiger partial charge in [0.1, 0.15) is 0 Å². The van der Waals surface area contributed by atoms with Gasteiger partial charge in [-0.25, -0.2) is 0 Å². The number of likely N-dealkylation sites (N-methyl/N-ethyl adjacent to an activating group) is 1. The highest BCUT2D eigenvalue weighted by Gasteiger charge is 2.03. The largest absolute Gasteiger partial charge is 0.311 e. The van der Waals surface area contributed by atoms with Crippen molar-refractivity contribution >= 4 is 0 Å². The van der Waals surface area contributed by atoms with Gasteiger partial charge in [0.2, 0.25) is 0 Å². The Morgan fingerprint density at radius 2 is 2.06 bits per heavy atom. The zero-order valence-electron chi connectivity index (χ0n) is 12.2. The van der Waals surface area contributed by atoms with Gasteiger partial charge in [-0.1, -0.05) is 32.9 Å². The topological polar surface area (TPSA) is 46.0 Å². The predicted octanol–water partition coefficient (Wildman–Crippen LogP) is 1.37. The molecule has 0 aliphatic heterocycles. The van der Waals surface area contributed by atoms with Gasteiger partial charge >= 0.3 is 0 Å². The minimum Gasteiger partial charge on any atom is -0.311 e. The molecule has 0 amide bonds. The Balaban J connectivity index is 2.29. The average Bonchev–Trinajstić information content (AvgIpc) is 2.78. The highest BCUT2D eigenvalue weighted by atomic mass is 15.4. The Morgan fingerprint density at radius 1 is 1.33 bits per heavy atom. The lowest BCUT2D eigenvalue weighted by Crippen LogP contribution is -2.27. The zero-order chi connectivity index (χ0) is 13.4. The van der Waals surface area contributed by atoms with Gasteiger partial charge in [0, 0.05) is 19.3 Å². The van der Waals surface area contributed by atoms with Crippen LogP contribution in [0.15, 0.2) is 6.20 Å². The Bertz CT molecular complexity index is 317. The van der Waals surface area contributed by atoms with Crippen molar-refractivity contribution in [3.05, 3.63) is 11.9 Å². The Kier molecular flexibility index (Phi) is 6.90. The lowest BCUT2D eigenvalue weighted by Gasteiger charge is -2.17. The van der Waals surface area contributed by atoms with Crippen LogP contribution in [0, 0.1) is 5.92 Å². The summed E-state index contributed by atoms with van der Waals surface area (Å²) in [6, 6.07) is 0. The third-order valence-corrected chi connectivity index (χ3v) is 2.98. The van der Waals surface area contributed by atoms with Crippen LogP contribution >= 0.6 is 0 Å². The first-order chi connectivity index (χ1) is 8.65. The summed E-state index contributed by atoms with van der Waals surface area (Å²) in [6.07, 6.45) is 2.04. The van der Waals surface area contributed by atoms with Crippen molar-refractivity contribution in [3.63, 3.8) is 0 Å². The fourth-order valence-electron chi connectivity index (χ4n) is 1.80. The van der Waals surface area contributed by atoms with Gasteiger partial charge in [0.25, 0.3) is 0 Å². The van der Waals surface area contributed by atoms with Crippen LogP contribution in [-0.4, -0.2) is 46.1 Å².